The molecule has 2 fully saturated rings. The largest absolute Gasteiger partial charge is 0.381 e. The smallest absolute Gasteiger partial charge is 0.126 e. The van der Waals surface area contributed by atoms with Gasteiger partial charge in [-0.1, -0.05) is 19.3 Å². The molecule has 2 aliphatic carbocycles. The highest BCUT2D eigenvalue weighted by molar-refractivity contribution is 5.60. The molecule has 2 rings (SSSR count). The van der Waals surface area contributed by atoms with Gasteiger partial charge in [0.1, 0.15) is 6.29 Å². The first-order valence-corrected chi connectivity index (χ1v) is 5.81. The Bertz CT molecular complexity index is 206. The van der Waals surface area contributed by atoms with Crippen LogP contribution in [0.3, 0.4) is 0 Å². The van der Waals surface area contributed by atoms with Crippen LogP contribution in [-0.2, 0) is 9.53 Å². The fraction of sp³-hybridized carbons (Fsp3) is 0.917. The molecule has 2 aliphatic rings. The third-order valence-electron chi connectivity index (χ3n) is 4.26. The second-order valence-electron chi connectivity index (χ2n) is 4.87. The predicted molar refractivity (Wildman–Crippen MR) is 55.1 cm³/mol. The molecule has 0 bridgehead atoms. The van der Waals surface area contributed by atoms with Crippen LogP contribution < -0.4 is 0 Å². The molecule has 2 saturated carbocycles. The fourth-order valence-electron chi connectivity index (χ4n) is 3.48. The number of carbonyl (C=O) groups excluding carboxylic acids is 1. The molecule has 0 aromatic rings. The van der Waals surface area contributed by atoms with Crippen LogP contribution in [0.25, 0.3) is 0 Å². The van der Waals surface area contributed by atoms with Gasteiger partial charge in [-0.2, -0.15) is 0 Å². The average Bonchev–Trinajstić information content (AvgIpc) is 2.86. The molecule has 0 heterocycles. The molecule has 0 N–H and O–H groups in total. The molecule has 0 spiro atoms. The van der Waals surface area contributed by atoms with Crippen LogP contribution in [0.4, 0.5) is 0 Å². The molecule has 2 heteroatoms. The molecule has 0 saturated heterocycles. The number of hydrogen-bond acceptors (Lipinski definition) is 2. The first-order valence-electron chi connectivity index (χ1n) is 5.81. The van der Waals surface area contributed by atoms with Gasteiger partial charge in [-0.05, 0) is 31.6 Å². The molecular weight excluding hydrogens is 176 g/mol. The average molecular weight is 196 g/mol. The number of aldehydes is 1. The molecular formula is C12H20O2. The Morgan fingerprint density at radius 3 is 2.50 bits per heavy atom. The Morgan fingerprint density at radius 1 is 1.21 bits per heavy atom. The van der Waals surface area contributed by atoms with Crippen molar-refractivity contribution in [2.45, 2.75) is 51.0 Å². The zero-order valence-corrected chi connectivity index (χ0v) is 9.00. The van der Waals surface area contributed by atoms with Gasteiger partial charge >= 0.3 is 0 Å². The van der Waals surface area contributed by atoms with E-state index in [2.05, 4.69) is 0 Å². The third-order valence-corrected chi connectivity index (χ3v) is 4.26. The number of methoxy groups -OCH3 is 1. The van der Waals surface area contributed by atoms with Crippen LogP contribution in [0.15, 0.2) is 0 Å². The van der Waals surface area contributed by atoms with Crippen molar-refractivity contribution < 1.29 is 9.53 Å². The number of carbonyl (C=O) groups is 1. The van der Waals surface area contributed by atoms with Crippen LogP contribution in [0.2, 0.25) is 0 Å². The molecule has 80 valence electrons. The monoisotopic (exact) mass is 196 g/mol. The van der Waals surface area contributed by atoms with Gasteiger partial charge in [-0.3, -0.25) is 0 Å². The SMILES string of the molecule is CO[C@H]1CCC[C@@H]1C1(C=O)CCCC1. The van der Waals surface area contributed by atoms with Crippen molar-refractivity contribution in [2.24, 2.45) is 11.3 Å². The van der Waals surface area contributed by atoms with Crippen LogP contribution in [0.5, 0.6) is 0 Å². The zero-order valence-electron chi connectivity index (χ0n) is 9.00. The van der Waals surface area contributed by atoms with E-state index in [4.69, 9.17) is 4.74 Å². The molecule has 0 aliphatic heterocycles. The van der Waals surface area contributed by atoms with Crippen LogP contribution in [-0.4, -0.2) is 19.5 Å². The van der Waals surface area contributed by atoms with E-state index in [0.717, 1.165) is 19.3 Å². The lowest BCUT2D eigenvalue weighted by Crippen LogP contribution is -2.35. The van der Waals surface area contributed by atoms with Gasteiger partial charge in [-0.25, -0.2) is 0 Å². The lowest BCUT2D eigenvalue weighted by Gasteiger charge is -2.33. The molecule has 2 nitrogen and oxygen atoms in total. The molecule has 0 aromatic heterocycles. The van der Waals surface area contributed by atoms with Crippen molar-refractivity contribution in [1.29, 1.82) is 0 Å². The fourth-order valence-corrected chi connectivity index (χ4v) is 3.48. The first kappa shape index (κ1) is 10.2. The maximum absolute atomic E-state index is 11.3. The second-order valence-corrected chi connectivity index (χ2v) is 4.87. The minimum Gasteiger partial charge on any atom is -0.381 e. The van der Waals surface area contributed by atoms with Crippen molar-refractivity contribution in [1.82, 2.24) is 0 Å². The van der Waals surface area contributed by atoms with E-state index in [9.17, 15) is 4.79 Å². The van der Waals surface area contributed by atoms with Crippen molar-refractivity contribution in [3.63, 3.8) is 0 Å². The van der Waals surface area contributed by atoms with Crippen molar-refractivity contribution in [3.05, 3.63) is 0 Å². The highest BCUT2D eigenvalue weighted by atomic mass is 16.5. The highest BCUT2D eigenvalue weighted by Gasteiger charge is 2.46. The van der Waals surface area contributed by atoms with Crippen molar-refractivity contribution in [3.8, 4) is 0 Å². The number of ether oxygens (including phenoxy) is 1. The van der Waals surface area contributed by atoms with Crippen molar-refractivity contribution in [2.75, 3.05) is 7.11 Å². The van der Waals surface area contributed by atoms with Gasteiger partial charge in [0, 0.05) is 12.5 Å². The first-order chi connectivity index (χ1) is 6.82. The van der Waals surface area contributed by atoms with Crippen LogP contribution >= 0.6 is 0 Å². The van der Waals surface area contributed by atoms with E-state index in [1.807, 2.05) is 0 Å². The second kappa shape index (κ2) is 4.01. The lowest BCUT2D eigenvalue weighted by atomic mass is 9.73. The summed E-state index contributed by atoms with van der Waals surface area (Å²) in [6, 6.07) is 0. The number of rotatable bonds is 3. The van der Waals surface area contributed by atoms with Gasteiger partial charge in [0.15, 0.2) is 0 Å². The zero-order chi connectivity index (χ0) is 10.0. The van der Waals surface area contributed by atoms with Crippen LogP contribution in [0.1, 0.15) is 44.9 Å². The van der Waals surface area contributed by atoms with E-state index in [0.29, 0.717) is 12.0 Å². The summed E-state index contributed by atoms with van der Waals surface area (Å²) < 4.78 is 5.50. The van der Waals surface area contributed by atoms with Gasteiger partial charge in [0.2, 0.25) is 0 Å². The van der Waals surface area contributed by atoms with E-state index >= 15 is 0 Å². The molecule has 2 atom stereocenters. The number of hydrogen-bond donors (Lipinski definition) is 0. The quantitative estimate of drug-likeness (QED) is 0.648. The summed E-state index contributed by atoms with van der Waals surface area (Å²) in [5.74, 6) is 0.507. The summed E-state index contributed by atoms with van der Waals surface area (Å²) in [5, 5.41) is 0. The van der Waals surface area contributed by atoms with Crippen molar-refractivity contribution >= 4 is 6.29 Å². The van der Waals surface area contributed by atoms with E-state index in [-0.39, 0.29) is 5.41 Å². The predicted octanol–water partition coefficient (Wildman–Crippen LogP) is 2.56. The minimum absolute atomic E-state index is 0.0167. The van der Waals surface area contributed by atoms with E-state index in [1.165, 1.54) is 32.0 Å². The molecule has 14 heavy (non-hydrogen) atoms. The third kappa shape index (κ3) is 1.50. The van der Waals surface area contributed by atoms with E-state index in [1.54, 1.807) is 7.11 Å². The standard InChI is InChI=1S/C12H20O2/c1-14-11-6-4-5-10(11)12(9-13)7-2-3-8-12/h9-11H,2-8H2,1H3/t10-,11-/m0/s1. The summed E-state index contributed by atoms with van der Waals surface area (Å²) in [6.07, 6.45) is 9.81. The topological polar surface area (TPSA) is 26.3 Å². The normalized spacial score (nSPS) is 36.1. The van der Waals surface area contributed by atoms with Gasteiger partial charge in [0.05, 0.1) is 6.10 Å². The van der Waals surface area contributed by atoms with Gasteiger partial charge in [-0.15, -0.1) is 0 Å². The molecule has 0 aromatic carbocycles. The molecule has 0 amide bonds. The summed E-state index contributed by atoms with van der Waals surface area (Å²) >= 11 is 0. The van der Waals surface area contributed by atoms with Gasteiger partial charge in [0.25, 0.3) is 0 Å². The summed E-state index contributed by atoms with van der Waals surface area (Å²) in [7, 11) is 1.79. The maximum Gasteiger partial charge on any atom is 0.126 e. The Kier molecular flexibility index (Phi) is 2.91. The Balaban J connectivity index is 2.14. The molecule has 0 radical (unpaired) electrons. The van der Waals surface area contributed by atoms with E-state index < -0.39 is 0 Å². The lowest BCUT2D eigenvalue weighted by molar-refractivity contribution is -0.121. The Labute approximate surface area is 86.0 Å². The Hall–Kier alpha value is -0.370. The molecule has 0 unspecified atom stereocenters. The summed E-state index contributed by atoms with van der Waals surface area (Å²) in [4.78, 5) is 11.3. The van der Waals surface area contributed by atoms with Gasteiger partial charge < -0.3 is 9.53 Å². The van der Waals surface area contributed by atoms with Crippen LogP contribution in [0, 0.1) is 11.3 Å². The highest BCUT2D eigenvalue weighted by Crippen LogP contribution is 2.49. The summed E-state index contributed by atoms with van der Waals surface area (Å²) in [6.45, 7) is 0. The Morgan fingerprint density at radius 2 is 1.93 bits per heavy atom. The summed E-state index contributed by atoms with van der Waals surface area (Å²) in [5.41, 5.74) is -0.0167. The minimum atomic E-state index is -0.0167. The maximum atomic E-state index is 11.3.